The maximum Gasteiger partial charge on any atom is 0.321 e. The van der Waals surface area contributed by atoms with Gasteiger partial charge in [0.15, 0.2) is 0 Å². The number of nitrogens with zero attached hydrogens (tertiary/aromatic N) is 3. The smallest absolute Gasteiger partial charge is 0.321 e. The zero-order valence-electron chi connectivity index (χ0n) is 10.6. The molecule has 0 radical (unpaired) electrons. The molecular weight excluding hydrogens is 248 g/mol. The lowest BCUT2D eigenvalue weighted by molar-refractivity contribution is -0.120. The summed E-state index contributed by atoms with van der Waals surface area (Å²) < 4.78 is 1.35. The molecular formula is C11H18N6O2. The highest BCUT2D eigenvalue weighted by Crippen LogP contribution is 2.17. The van der Waals surface area contributed by atoms with Gasteiger partial charge < -0.3 is 11.1 Å². The maximum atomic E-state index is 11.6. The van der Waals surface area contributed by atoms with Gasteiger partial charge in [0.05, 0.1) is 11.9 Å². The second-order valence-corrected chi connectivity index (χ2v) is 4.61. The van der Waals surface area contributed by atoms with Crippen LogP contribution in [0.3, 0.4) is 0 Å². The molecule has 1 fully saturated rings. The molecule has 19 heavy (non-hydrogen) atoms. The zero-order chi connectivity index (χ0) is 13.7. The highest BCUT2D eigenvalue weighted by molar-refractivity contribution is 5.94. The molecule has 0 saturated heterocycles. The zero-order valence-corrected chi connectivity index (χ0v) is 10.6. The average molecular weight is 266 g/mol. The summed E-state index contributed by atoms with van der Waals surface area (Å²) in [6.45, 7) is 0.217. The first-order valence-electron chi connectivity index (χ1n) is 6.37. The Bertz CT molecular complexity index is 452. The number of nitrogens with one attached hydrogen (secondary N) is 2. The predicted octanol–water partition coefficient (Wildman–Crippen LogP) is -0.495. The van der Waals surface area contributed by atoms with Gasteiger partial charge in [0.25, 0.3) is 0 Å². The maximum absolute atomic E-state index is 11.6. The van der Waals surface area contributed by atoms with Crippen molar-refractivity contribution < 1.29 is 9.59 Å². The number of carbonyl (C=O) groups is 2. The highest BCUT2D eigenvalue weighted by atomic mass is 16.2. The summed E-state index contributed by atoms with van der Waals surface area (Å²) in [5.41, 5.74) is 5.99. The summed E-state index contributed by atoms with van der Waals surface area (Å²) in [7, 11) is 0. The van der Waals surface area contributed by atoms with Crippen LogP contribution in [0.2, 0.25) is 0 Å². The third-order valence-electron chi connectivity index (χ3n) is 3.04. The van der Waals surface area contributed by atoms with Crippen LogP contribution in [0.25, 0.3) is 0 Å². The molecule has 2 rings (SSSR count). The summed E-state index contributed by atoms with van der Waals surface area (Å²) in [5.74, 6) is -0.427. The molecule has 4 N–H and O–H groups in total. The van der Waals surface area contributed by atoms with Gasteiger partial charge in [-0.1, -0.05) is 18.1 Å². The minimum absolute atomic E-state index is 0.0505. The number of aromatic nitrogens is 3. The third-order valence-corrected chi connectivity index (χ3v) is 3.04. The van der Waals surface area contributed by atoms with Crippen molar-refractivity contribution in [2.45, 2.75) is 44.8 Å². The first kappa shape index (κ1) is 13.5. The van der Waals surface area contributed by atoms with Crippen molar-refractivity contribution in [3.05, 3.63) is 11.9 Å². The molecule has 1 aromatic heterocycles. The molecule has 1 saturated carbocycles. The van der Waals surface area contributed by atoms with Crippen LogP contribution in [0.4, 0.5) is 4.79 Å². The minimum atomic E-state index is -0.448. The number of nitrogens with two attached hydrogens (primary N) is 1. The number of carbonyl (C=O) groups excluding carboxylic acids is 2. The lowest BCUT2D eigenvalue weighted by atomic mass is 10.2. The van der Waals surface area contributed by atoms with Gasteiger partial charge in [-0.3, -0.25) is 10.1 Å². The molecule has 1 aliphatic carbocycles. The van der Waals surface area contributed by atoms with Crippen molar-refractivity contribution in [2.24, 2.45) is 5.73 Å². The topological polar surface area (TPSA) is 115 Å². The Kier molecular flexibility index (Phi) is 4.45. The number of urea groups is 1. The van der Waals surface area contributed by atoms with E-state index in [1.807, 2.05) is 0 Å². The fourth-order valence-corrected chi connectivity index (χ4v) is 2.11. The Morgan fingerprint density at radius 1 is 1.42 bits per heavy atom. The summed E-state index contributed by atoms with van der Waals surface area (Å²) in [5, 5.41) is 12.5. The molecule has 1 aliphatic rings. The first-order chi connectivity index (χ1) is 9.17. The second kappa shape index (κ2) is 6.28. The van der Waals surface area contributed by atoms with Crippen molar-refractivity contribution in [1.29, 1.82) is 0 Å². The average Bonchev–Trinajstić information content (AvgIpc) is 3.00. The molecule has 0 atom stereocenters. The Hall–Kier alpha value is -1.96. The van der Waals surface area contributed by atoms with Crippen LogP contribution in [0.15, 0.2) is 6.20 Å². The first-order valence-corrected chi connectivity index (χ1v) is 6.37. The monoisotopic (exact) mass is 266 g/mol. The second-order valence-electron chi connectivity index (χ2n) is 4.61. The predicted molar refractivity (Wildman–Crippen MR) is 66.8 cm³/mol. The van der Waals surface area contributed by atoms with E-state index in [1.165, 1.54) is 4.68 Å². The Morgan fingerprint density at radius 2 is 2.16 bits per heavy atom. The van der Waals surface area contributed by atoms with Gasteiger partial charge >= 0.3 is 6.03 Å². The number of imide groups is 1. The van der Waals surface area contributed by atoms with E-state index < -0.39 is 11.9 Å². The molecule has 0 bridgehead atoms. The number of rotatable bonds is 4. The molecule has 104 valence electrons. The number of hydrogen-bond donors (Lipinski definition) is 3. The van der Waals surface area contributed by atoms with Gasteiger partial charge in [0, 0.05) is 12.6 Å². The van der Waals surface area contributed by atoms with Crippen molar-refractivity contribution >= 4 is 11.9 Å². The van der Waals surface area contributed by atoms with Crippen LogP contribution in [0.5, 0.6) is 0 Å². The van der Waals surface area contributed by atoms with Crippen LogP contribution in [0, 0.1) is 0 Å². The fraction of sp³-hybridized carbons (Fsp3) is 0.636. The Morgan fingerprint density at radius 3 is 2.79 bits per heavy atom. The van der Waals surface area contributed by atoms with Gasteiger partial charge in [0.2, 0.25) is 5.91 Å². The Labute approximate surface area is 110 Å². The van der Waals surface area contributed by atoms with Gasteiger partial charge in [-0.2, -0.15) is 0 Å². The molecule has 0 spiro atoms. The van der Waals surface area contributed by atoms with E-state index in [4.69, 9.17) is 5.73 Å². The Balaban J connectivity index is 1.75. The van der Waals surface area contributed by atoms with Crippen molar-refractivity contribution in [1.82, 2.24) is 25.6 Å². The van der Waals surface area contributed by atoms with Gasteiger partial charge in [-0.05, 0) is 12.8 Å². The van der Waals surface area contributed by atoms with E-state index in [2.05, 4.69) is 20.9 Å². The van der Waals surface area contributed by atoms with Crippen LogP contribution >= 0.6 is 0 Å². The van der Waals surface area contributed by atoms with Crippen LogP contribution in [-0.2, 0) is 17.9 Å². The molecule has 0 aromatic carbocycles. The fourth-order valence-electron chi connectivity index (χ4n) is 2.11. The molecule has 1 aromatic rings. The van der Waals surface area contributed by atoms with Gasteiger partial charge in [-0.15, -0.1) is 5.10 Å². The van der Waals surface area contributed by atoms with E-state index in [9.17, 15) is 9.59 Å². The van der Waals surface area contributed by atoms with Crippen LogP contribution in [0.1, 0.15) is 31.4 Å². The SMILES string of the molecule is NCc1cn(CC(=O)NC(=O)NC2CCCC2)nn1. The molecule has 8 nitrogen and oxygen atoms in total. The molecule has 3 amide bonds. The third kappa shape index (κ3) is 4.02. The summed E-state index contributed by atoms with van der Waals surface area (Å²) >= 11 is 0. The van der Waals surface area contributed by atoms with Crippen LogP contribution < -0.4 is 16.4 Å². The van der Waals surface area contributed by atoms with Crippen molar-refractivity contribution in [3.8, 4) is 0 Å². The normalized spacial score (nSPS) is 15.4. The largest absolute Gasteiger partial charge is 0.335 e. The van der Waals surface area contributed by atoms with Crippen molar-refractivity contribution in [2.75, 3.05) is 0 Å². The highest BCUT2D eigenvalue weighted by Gasteiger charge is 2.18. The van der Waals surface area contributed by atoms with Crippen LogP contribution in [-0.4, -0.2) is 33.0 Å². The van der Waals surface area contributed by atoms with Crippen molar-refractivity contribution in [3.63, 3.8) is 0 Å². The van der Waals surface area contributed by atoms with E-state index in [1.54, 1.807) is 6.20 Å². The van der Waals surface area contributed by atoms with Gasteiger partial charge in [0.1, 0.15) is 6.54 Å². The summed E-state index contributed by atoms with van der Waals surface area (Å²) in [4.78, 5) is 23.2. The number of amides is 3. The lowest BCUT2D eigenvalue weighted by Gasteiger charge is -2.11. The van der Waals surface area contributed by atoms with E-state index >= 15 is 0 Å². The van der Waals surface area contributed by atoms with Gasteiger partial charge in [-0.25, -0.2) is 9.48 Å². The van der Waals surface area contributed by atoms with E-state index in [0.29, 0.717) is 5.69 Å². The molecule has 1 heterocycles. The van der Waals surface area contributed by atoms with E-state index in [0.717, 1.165) is 25.7 Å². The number of hydrogen-bond acceptors (Lipinski definition) is 5. The minimum Gasteiger partial charge on any atom is -0.335 e. The van der Waals surface area contributed by atoms with E-state index in [-0.39, 0.29) is 19.1 Å². The quantitative estimate of drug-likeness (QED) is 0.680. The molecule has 0 unspecified atom stereocenters. The molecule has 0 aliphatic heterocycles. The molecule has 8 heteroatoms. The standard InChI is InChI=1S/C11H18N6O2/c12-5-9-6-17(16-15-9)7-10(18)14-11(19)13-8-3-1-2-4-8/h6,8H,1-5,7,12H2,(H2,13,14,18,19). The lowest BCUT2D eigenvalue weighted by Crippen LogP contribution is -2.44. The summed E-state index contributed by atoms with van der Waals surface area (Å²) in [6.07, 6.45) is 5.78. The summed E-state index contributed by atoms with van der Waals surface area (Å²) in [6, 6.07) is -0.265.